The van der Waals surface area contributed by atoms with Crippen LogP contribution in [0, 0.1) is 0 Å². The summed E-state index contributed by atoms with van der Waals surface area (Å²) >= 11 is 0. The summed E-state index contributed by atoms with van der Waals surface area (Å²) in [6.45, 7) is 1.84. The van der Waals surface area contributed by atoms with E-state index < -0.39 is 5.97 Å². The predicted molar refractivity (Wildman–Crippen MR) is 37.4 cm³/mol. The topological polar surface area (TPSA) is 83.5 Å². The number of hydrogen-bond donors (Lipinski definition) is 3. The van der Waals surface area contributed by atoms with E-state index in [9.17, 15) is 4.79 Å². The van der Waals surface area contributed by atoms with Crippen molar-refractivity contribution in [2.75, 3.05) is 0 Å². The first-order chi connectivity index (χ1) is 4.18. The van der Waals surface area contributed by atoms with E-state index in [0.717, 1.165) is 0 Å². The van der Waals surface area contributed by atoms with Crippen LogP contribution in [-0.4, -0.2) is 21.9 Å². The Kier molecular flexibility index (Phi) is 10.1. The lowest BCUT2D eigenvalue weighted by Gasteiger charge is -1.96. The van der Waals surface area contributed by atoms with Gasteiger partial charge in [0.1, 0.15) is 0 Å². The van der Waals surface area contributed by atoms with E-state index in [1.807, 2.05) is 6.92 Å². The maximum absolute atomic E-state index is 9.91. The summed E-state index contributed by atoms with van der Waals surface area (Å²) in [6, 6.07) is 0. The molecule has 4 nitrogen and oxygen atoms in total. The summed E-state index contributed by atoms with van der Waals surface area (Å²) < 4.78 is 0. The Morgan fingerprint density at radius 3 is 2.11 bits per heavy atom. The highest BCUT2D eigenvalue weighted by Gasteiger charge is 2.05. The molecule has 4 N–H and O–H groups in total. The van der Waals surface area contributed by atoms with Gasteiger partial charge in [-0.2, -0.15) is 0 Å². The fourth-order valence-corrected chi connectivity index (χ4v) is 0.175. The molecule has 0 rings (SSSR count). The van der Waals surface area contributed by atoms with Gasteiger partial charge in [-0.15, -0.1) is 9.24 Å². The highest BCUT2D eigenvalue weighted by Crippen LogP contribution is 2.02. The average molecular weight is 153 g/mol. The average Bonchev–Trinajstić information content (AvgIpc) is 1.91. The normalized spacial score (nSPS) is 11.1. The molecule has 0 heterocycles. The molecule has 0 amide bonds. The Bertz CT molecular complexity index is 78.2. The third-order valence-corrected chi connectivity index (χ3v) is 1.51. The number of carboxylic acids is 1. The number of hydrogen-bond acceptors (Lipinski definition) is 3. The van der Waals surface area contributed by atoms with Crippen LogP contribution in [0.1, 0.15) is 13.3 Å². The molecule has 0 aliphatic rings. The van der Waals surface area contributed by atoms with Crippen molar-refractivity contribution in [3.63, 3.8) is 0 Å². The van der Waals surface area contributed by atoms with Gasteiger partial charge in [-0.05, 0) is 6.42 Å². The molecule has 0 fully saturated rings. The van der Waals surface area contributed by atoms with Crippen LogP contribution in [0.4, 0.5) is 0 Å². The molecule has 0 aliphatic heterocycles. The Balaban J connectivity index is 0. The third-order valence-electron chi connectivity index (χ3n) is 0.757. The van der Waals surface area contributed by atoms with Crippen LogP contribution in [0.15, 0.2) is 0 Å². The molecule has 0 radical (unpaired) electrons. The van der Waals surface area contributed by atoms with Crippen LogP contribution in [-0.2, 0) is 4.79 Å². The van der Waals surface area contributed by atoms with Crippen molar-refractivity contribution < 1.29 is 15.1 Å². The third kappa shape index (κ3) is 7.82. The minimum absolute atomic E-state index is 0.264. The van der Waals surface area contributed by atoms with E-state index in [-0.39, 0.29) is 5.66 Å². The second kappa shape index (κ2) is 7.82. The second-order valence-electron chi connectivity index (χ2n) is 1.35. The van der Waals surface area contributed by atoms with Gasteiger partial charge in [0.05, 0.1) is 5.66 Å². The minimum Gasteiger partial charge on any atom is -0.481 e. The standard InChI is InChI=1S/C4H9O2P.H3NO/c1-2-3(7)4(5)6;1-2/h3H,2,7H2,1H3,(H,5,6);2H,1H2. The molecule has 0 bridgehead atoms. The molecule has 56 valence electrons. The largest absolute Gasteiger partial charge is 0.481 e. The fourth-order valence-electron chi connectivity index (χ4n) is 0.175. The van der Waals surface area contributed by atoms with E-state index in [2.05, 4.69) is 15.1 Å². The highest BCUT2D eigenvalue weighted by atomic mass is 31.0. The fraction of sp³-hybridized carbons (Fsp3) is 0.750. The molecular formula is C4H12NO3P. The maximum atomic E-state index is 9.91. The smallest absolute Gasteiger partial charge is 0.310 e. The molecule has 0 saturated carbocycles. The molecule has 0 aliphatic carbocycles. The van der Waals surface area contributed by atoms with E-state index in [1.165, 1.54) is 0 Å². The summed E-state index contributed by atoms with van der Waals surface area (Å²) in [5.41, 5.74) is -0.264. The van der Waals surface area contributed by atoms with Crippen LogP contribution >= 0.6 is 9.24 Å². The van der Waals surface area contributed by atoms with Crippen molar-refractivity contribution in [3.8, 4) is 0 Å². The quantitative estimate of drug-likeness (QED) is 0.387. The molecule has 5 heteroatoms. The zero-order valence-electron chi connectivity index (χ0n) is 5.24. The van der Waals surface area contributed by atoms with Crippen LogP contribution in [0.3, 0.4) is 0 Å². The van der Waals surface area contributed by atoms with Crippen molar-refractivity contribution in [1.82, 2.24) is 0 Å². The molecule has 2 unspecified atom stereocenters. The number of rotatable bonds is 2. The Morgan fingerprint density at radius 2 is 2.11 bits per heavy atom. The molecular weight excluding hydrogens is 141 g/mol. The lowest BCUT2D eigenvalue weighted by Crippen LogP contribution is -2.09. The van der Waals surface area contributed by atoms with Crippen molar-refractivity contribution in [2.24, 2.45) is 5.90 Å². The zero-order valence-corrected chi connectivity index (χ0v) is 6.40. The molecule has 0 saturated heterocycles. The summed E-state index contributed by atoms with van der Waals surface area (Å²) in [5.74, 6) is 2.76. The van der Waals surface area contributed by atoms with Crippen molar-refractivity contribution in [3.05, 3.63) is 0 Å². The predicted octanol–water partition coefficient (Wildman–Crippen LogP) is 0.0590. The number of aliphatic carboxylic acids is 1. The molecule has 0 aromatic carbocycles. The first kappa shape index (κ1) is 11.6. The van der Waals surface area contributed by atoms with Gasteiger partial charge in [0.15, 0.2) is 0 Å². The van der Waals surface area contributed by atoms with Crippen molar-refractivity contribution in [2.45, 2.75) is 19.0 Å². The van der Waals surface area contributed by atoms with Gasteiger partial charge in [0.2, 0.25) is 0 Å². The van der Waals surface area contributed by atoms with Crippen LogP contribution < -0.4 is 5.90 Å². The lowest BCUT2D eigenvalue weighted by atomic mass is 10.3. The molecule has 9 heavy (non-hydrogen) atoms. The van der Waals surface area contributed by atoms with Gasteiger partial charge in [-0.3, -0.25) is 4.79 Å². The Hall–Kier alpha value is -0.180. The van der Waals surface area contributed by atoms with Gasteiger partial charge >= 0.3 is 5.97 Å². The van der Waals surface area contributed by atoms with Crippen molar-refractivity contribution >= 4 is 15.2 Å². The van der Waals surface area contributed by atoms with Gasteiger partial charge in [0.25, 0.3) is 0 Å². The Labute approximate surface area is 56.2 Å². The Morgan fingerprint density at radius 1 is 1.78 bits per heavy atom. The van der Waals surface area contributed by atoms with Gasteiger partial charge in [-0.1, -0.05) is 6.92 Å². The van der Waals surface area contributed by atoms with E-state index in [0.29, 0.717) is 6.42 Å². The van der Waals surface area contributed by atoms with E-state index >= 15 is 0 Å². The first-order valence-electron chi connectivity index (χ1n) is 2.42. The van der Waals surface area contributed by atoms with Gasteiger partial charge in [0, 0.05) is 0 Å². The number of nitrogens with two attached hydrogens (primary N) is 1. The van der Waals surface area contributed by atoms with Gasteiger partial charge in [-0.25, -0.2) is 5.90 Å². The minimum atomic E-state index is -0.743. The molecule has 0 aromatic rings. The SMILES string of the molecule is CCC(P)C(=O)O.NO. The van der Waals surface area contributed by atoms with E-state index in [1.54, 1.807) is 0 Å². The molecule has 0 spiro atoms. The maximum Gasteiger partial charge on any atom is 0.310 e. The van der Waals surface area contributed by atoms with Gasteiger partial charge < -0.3 is 10.3 Å². The number of carbonyl (C=O) groups is 1. The monoisotopic (exact) mass is 153 g/mol. The molecule has 2 atom stereocenters. The van der Waals surface area contributed by atoms with Crippen LogP contribution in [0.2, 0.25) is 0 Å². The summed E-state index contributed by atoms with van der Waals surface area (Å²) in [5, 5.41) is 14.7. The second-order valence-corrected chi connectivity index (χ2v) is 2.16. The van der Waals surface area contributed by atoms with Crippen molar-refractivity contribution in [1.29, 1.82) is 0 Å². The summed E-state index contributed by atoms with van der Waals surface area (Å²) in [6.07, 6.45) is 0.681. The summed E-state index contributed by atoms with van der Waals surface area (Å²) in [7, 11) is 2.25. The van der Waals surface area contributed by atoms with E-state index in [4.69, 9.17) is 10.3 Å². The number of carboxylic acid groups (broad SMARTS) is 1. The first-order valence-corrected chi connectivity index (χ1v) is 3.09. The highest BCUT2D eigenvalue weighted by molar-refractivity contribution is 7.19. The molecule has 0 aromatic heterocycles. The lowest BCUT2D eigenvalue weighted by molar-refractivity contribution is -0.136. The zero-order chi connectivity index (χ0) is 7.86. The van der Waals surface area contributed by atoms with Crippen LogP contribution in [0.5, 0.6) is 0 Å². The summed E-state index contributed by atoms with van der Waals surface area (Å²) in [4.78, 5) is 9.91. The van der Waals surface area contributed by atoms with Crippen LogP contribution in [0.25, 0.3) is 0 Å².